The summed E-state index contributed by atoms with van der Waals surface area (Å²) in [6.07, 6.45) is 8.50. The van der Waals surface area contributed by atoms with E-state index in [1.807, 2.05) is 13.8 Å². The predicted molar refractivity (Wildman–Crippen MR) is 79.5 cm³/mol. The molecular formula is C16H32O4. The van der Waals surface area contributed by atoms with Crippen LogP contribution in [-0.4, -0.2) is 40.9 Å². The highest BCUT2D eigenvalue weighted by Gasteiger charge is 2.45. The molecule has 1 aliphatic heterocycles. The van der Waals surface area contributed by atoms with E-state index in [1.165, 1.54) is 32.1 Å². The van der Waals surface area contributed by atoms with E-state index in [1.54, 1.807) is 0 Å². The highest BCUT2D eigenvalue weighted by atomic mass is 16.7. The molecule has 0 radical (unpaired) electrons. The Balaban J connectivity index is 2.24. The maximum atomic E-state index is 10.5. The fraction of sp³-hybridized carbons (Fsp3) is 1.00. The second-order valence-corrected chi connectivity index (χ2v) is 6.45. The van der Waals surface area contributed by atoms with Crippen molar-refractivity contribution in [3.8, 4) is 0 Å². The number of hydrogen-bond acceptors (Lipinski definition) is 4. The first-order valence-electron chi connectivity index (χ1n) is 8.08. The zero-order chi connectivity index (χ0) is 15.1. The van der Waals surface area contributed by atoms with Crippen LogP contribution in [0.5, 0.6) is 0 Å². The summed E-state index contributed by atoms with van der Waals surface area (Å²) in [6, 6.07) is 0. The van der Waals surface area contributed by atoms with Gasteiger partial charge >= 0.3 is 0 Å². The number of unbranched alkanes of at least 4 members (excludes halogenated alkanes) is 6. The smallest absolute Gasteiger partial charge is 0.163 e. The van der Waals surface area contributed by atoms with Crippen LogP contribution in [-0.2, 0) is 9.47 Å². The van der Waals surface area contributed by atoms with Crippen molar-refractivity contribution in [3.05, 3.63) is 0 Å². The van der Waals surface area contributed by atoms with Gasteiger partial charge in [0.25, 0.3) is 0 Å². The first-order chi connectivity index (χ1) is 9.43. The normalized spacial score (nSPS) is 24.8. The Labute approximate surface area is 123 Å². The van der Waals surface area contributed by atoms with Crippen LogP contribution in [0.25, 0.3) is 0 Å². The maximum absolute atomic E-state index is 10.5. The van der Waals surface area contributed by atoms with Gasteiger partial charge in [0.2, 0.25) is 0 Å². The van der Waals surface area contributed by atoms with Gasteiger partial charge in [-0.2, -0.15) is 0 Å². The molecule has 0 aromatic carbocycles. The zero-order valence-electron chi connectivity index (χ0n) is 13.4. The van der Waals surface area contributed by atoms with Crippen LogP contribution in [0.1, 0.15) is 72.1 Å². The summed E-state index contributed by atoms with van der Waals surface area (Å²) in [5.74, 6) is -0.659. The molecule has 0 aromatic heterocycles. The maximum Gasteiger partial charge on any atom is 0.163 e. The van der Waals surface area contributed by atoms with Gasteiger partial charge in [0.15, 0.2) is 5.79 Å². The molecule has 0 saturated carbocycles. The van der Waals surface area contributed by atoms with Crippen molar-refractivity contribution in [2.45, 2.75) is 89.6 Å². The molecule has 1 rings (SSSR count). The van der Waals surface area contributed by atoms with E-state index in [0.29, 0.717) is 13.0 Å². The van der Waals surface area contributed by atoms with E-state index in [9.17, 15) is 10.2 Å². The van der Waals surface area contributed by atoms with Crippen molar-refractivity contribution in [3.63, 3.8) is 0 Å². The van der Waals surface area contributed by atoms with Gasteiger partial charge in [-0.25, -0.2) is 0 Å². The highest BCUT2D eigenvalue weighted by Crippen LogP contribution is 2.32. The van der Waals surface area contributed by atoms with Crippen LogP contribution in [0.2, 0.25) is 0 Å². The largest absolute Gasteiger partial charge is 0.393 e. The van der Waals surface area contributed by atoms with Gasteiger partial charge in [-0.3, -0.25) is 0 Å². The summed E-state index contributed by atoms with van der Waals surface area (Å²) in [6.45, 7) is 5.96. The van der Waals surface area contributed by atoms with Crippen LogP contribution in [0, 0.1) is 0 Å². The Bertz CT molecular complexity index is 267. The van der Waals surface area contributed by atoms with Crippen molar-refractivity contribution >= 4 is 0 Å². The third-order valence-corrected chi connectivity index (χ3v) is 4.09. The molecule has 20 heavy (non-hydrogen) atoms. The molecule has 0 spiro atoms. The second-order valence-electron chi connectivity index (χ2n) is 6.45. The fourth-order valence-electron chi connectivity index (χ4n) is 2.68. The Morgan fingerprint density at radius 3 is 2.20 bits per heavy atom. The molecule has 4 nitrogen and oxygen atoms in total. The molecule has 0 amide bonds. The van der Waals surface area contributed by atoms with Crippen LogP contribution in [0.3, 0.4) is 0 Å². The van der Waals surface area contributed by atoms with Gasteiger partial charge in [0, 0.05) is 0 Å². The summed E-state index contributed by atoms with van der Waals surface area (Å²) in [7, 11) is 0. The summed E-state index contributed by atoms with van der Waals surface area (Å²) in [4.78, 5) is 0. The summed E-state index contributed by atoms with van der Waals surface area (Å²) in [5.41, 5.74) is -1.17. The Morgan fingerprint density at radius 1 is 1.10 bits per heavy atom. The lowest BCUT2D eigenvalue weighted by molar-refractivity contribution is -0.179. The minimum atomic E-state index is -1.17. The fourth-order valence-corrected chi connectivity index (χ4v) is 2.68. The van der Waals surface area contributed by atoms with Crippen molar-refractivity contribution in [1.82, 2.24) is 0 Å². The predicted octanol–water partition coefficient (Wildman–Crippen LogP) is 3.00. The third kappa shape index (κ3) is 5.68. The number of aliphatic hydroxyl groups is 2. The number of aliphatic hydroxyl groups excluding tert-OH is 1. The average Bonchev–Trinajstić information content (AvgIpc) is 2.78. The van der Waals surface area contributed by atoms with Crippen LogP contribution in [0.4, 0.5) is 0 Å². The molecule has 120 valence electrons. The molecule has 2 atom stereocenters. The van der Waals surface area contributed by atoms with Crippen molar-refractivity contribution < 1.29 is 19.7 Å². The average molecular weight is 288 g/mol. The number of hydrogen-bond donors (Lipinski definition) is 2. The van der Waals surface area contributed by atoms with Gasteiger partial charge in [-0.05, 0) is 20.3 Å². The topological polar surface area (TPSA) is 58.9 Å². The van der Waals surface area contributed by atoms with E-state index in [0.717, 1.165) is 12.8 Å². The lowest BCUT2D eigenvalue weighted by Crippen LogP contribution is -2.47. The quantitative estimate of drug-likeness (QED) is 0.607. The van der Waals surface area contributed by atoms with Gasteiger partial charge < -0.3 is 19.7 Å². The molecule has 4 heteroatoms. The first-order valence-corrected chi connectivity index (χ1v) is 8.08. The second kappa shape index (κ2) is 8.32. The molecule has 1 saturated heterocycles. The lowest BCUT2D eigenvalue weighted by Gasteiger charge is -2.31. The first kappa shape index (κ1) is 17.9. The minimum absolute atomic E-state index is 0.271. The summed E-state index contributed by atoms with van der Waals surface area (Å²) >= 11 is 0. The van der Waals surface area contributed by atoms with Crippen molar-refractivity contribution in [2.24, 2.45) is 0 Å². The molecule has 1 aliphatic rings. The number of ether oxygens (including phenoxy) is 2. The summed E-state index contributed by atoms with van der Waals surface area (Å²) in [5, 5.41) is 20.0. The van der Waals surface area contributed by atoms with Crippen molar-refractivity contribution in [1.29, 1.82) is 0 Å². The number of rotatable bonds is 10. The monoisotopic (exact) mass is 288 g/mol. The zero-order valence-corrected chi connectivity index (χ0v) is 13.4. The molecule has 1 fully saturated rings. The Morgan fingerprint density at radius 2 is 1.70 bits per heavy atom. The molecular weight excluding hydrogens is 256 g/mol. The van der Waals surface area contributed by atoms with Gasteiger partial charge in [-0.15, -0.1) is 0 Å². The van der Waals surface area contributed by atoms with Crippen LogP contribution >= 0.6 is 0 Å². The molecule has 0 bridgehead atoms. The molecule has 0 aliphatic carbocycles. The minimum Gasteiger partial charge on any atom is -0.393 e. The SMILES string of the molecule is CCCCCCCCC[C@](O)(CO)[C@@H]1COC(C)(C)O1. The van der Waals surface area contributed by atoms with E-state index >= 15 is 0 Å². The lowest BCUT2D eigenvalue weighted by atomic mass is 9.91. The molecule has 2 N–H and O–H groups in total. The third-order valence-electron chi connectivity index (χ3n) is 4.09. The summed E-state index contributed by atoms with van der Waals surface area (Å²) < 4.78 is 11.2. The molecule has 0 unspecified atom stereocenters. The van der Waals surface area contributed by atoms with E-state index in [4.69, 9.17) is 9.47 Å². The van der Waals surface area contributed by atoms with Gasteiger partial charge in [-0.1, -0.05) is 51.9 Å². The van der Waals surface area contributed by atoms with Crippen LogP contribution < -0.4 is 0 Å². The van der Waals surface area contributed by atoms with E-state index in [-0.39, 0.29) is 6.61 Å². The highest BCUT2D eigenvalue weighted by molar-refractivity contribution is 4.91. The van der Waals surface area contributed by atoms with Crippen molar-refractivity contribution in [2.75, 3.05) is 13.2 Å². The van der Waals surface area contributed by atoms with Gasteiger partial charge in [0.05, 0.1) is 13.2 Å². The van der Waals surface area contributed by atoms with Gasteiger partial charge in [0.1, 0.15) is 11.7 Å². The molecule has 1 heterocycles. The Kier molecular flexibility index (Phi) is 7.45. The van der Waals surface area contributed by atoms with E-state index in [2.05, 4.69) is 6.92 Å². The standard InChI is InChI=1S/C16H32O4/c1-4-5-6-7-8-9-10-11-16(18,13-17)14-12-19-15(2,3)20-14/h14,17-18H,4-13H2,1-3H3/t14-,16-/m0/s1. The van der Waals surface area contributed by atoms with E-state index < -0.39 is 17.5 Å². The molecule has 0 aromatic rings. The Hall–Kier alpha value is -0.160. The van der Waals surface area contributed by atoms with Crippen LogP contribution in [0.15, 0.2) is 0 Å².